The van der Waals surface area contributed by atoms with Crippen LogP contribution in [0.5, 0.6) is 0 Å². The first-order valence-electron chi connectivity index (χ1n) is 6.01. The summed E-state index contributed by atoms with van der Waals surface area (Å²) in [6, 6.07) is 16.6. The van der Waals surface area contributed by atoms with Crippen molar-refractivity contribution in [1.29, 1.82) is 0 Å². The monoisotopic (exact) mass is 300 g/mol. The van der Waals surface area contributed by atoms with Crippen LogP contribution in [-0.4, -0.2) is 9.55 Å². The van der Waals surface area contributed by atoms with Gasteiger partial charge in [0.25, 0.3) is 0 Å². The maximum atomic E-state index is 4.75. The van der Waals surface area contributed by atoms with Gasteiger partial charge in [-0.2, -0.15) is 0 Å². The lowest BCUT2D eigenvalue weighted by molar-refractivity contribution is 0.796. The van der Waals surface area contributed by atoms with Gasteiger partial charge in [-0.05, 0) is 25.1 Å². The number of aromatic nitrogens is 2. The van der Waals surface area contributed by atoms with Crippen molar-refractivity contribution in [3.8, 4) is 11.4 Å². The van der Waals surface area contributed by atoms with Crippen LogP contribution in [0.4, 0.5) is 0 Å². The molecule has 0 aliphatic rings. The zero-order valence-electron chi connectivity index (χ0n) is 10.1. The van der Waals surface area contributed by atoms with Crippen molar-refractivity contribution >= 4 is 27.0 Å². The van der Waals surface area contributed by atoms with E-state index in [-0.39, 0.29) is 0 Å². The van der Waals surface area contributed by atoms with Crippen molar-refractivity contribution < 1.29 is 0 Å². The number of hydrogen-bond donors (Lipinski definition) is 0. The molecular formula is C15H13BrN2. The van der Waals surface area contributed by atoms with E-state index in [0.29, 0.717) is 0 Å². The minimum atomic E-state index is 0.919. The van der Waals surface area contributed by atoms with Gasteiger partial charge in [-0.1, -0.05) is 46.3 Å². The Labute approximate surface area is 114 Å². The topological polar surface area (TPSA) is 17.8 Å². The predicted octanol–water partition coefficient (Wildman–Crippen LogP) is 4.49. The van der Waals surface area contributed by atoms with Crippen molar-refractivity contribution in [2.24, 2.45) is 0 Å². The molecule has 0 bridgehead atoms. The van der Waals surface area contributed by atoms with Crippen molar-refractivity contribution in [3.05, 3.63) is 53.0 Å². The first kappa shape index (κ1) is 11.5. The van der Waals surface area contributed by atoms with E-state index < -0.39 is 0 Å². The van der Waals surface area contributed by atoms with Gasteiger partial charge in [0, 0.05) is 16.6 Å². The number of imidazole rings is 1. The third-order valence-corrected chi connectivity index (χ3v) is 3.55. The molecule has 0 saturated carbocycles. The van der Waals surface area contributed by atoms with E-state index >= 15 is 0 Å². The fourth-order valence-corrected chi connectivity index (χ4v) is 2.58. The summed E-state index contributed by atoms with van der Waals surface area (Å²) in [7, 11) is 0. The Morgan fingerprint density at radius 1 is 1.11 bits per heavy atom. The van der Waals surface area contributed by atoms with Gasteiger partial charge in [-0.15, -0.1) is 0 Å². The standard InChI is InChI=1S/C15H13BrN2/c1-2-18-14-9-8-12(16)10-13(14)17-15(18)11-6-4-3-5-7-11/h3-10H,2H2,1H3. The lowest BCUT2D eigenvalue weighted by Crippen LogP contribution is -1.96. The SMILES string of the molecule is CCn1c(-c2ccccc2)nc2cc(Br)ccc21. The van der Waals surface area contributed by atoms with Gasteiger partial charge in [-0.25, -0.2) is 4.98 Å². The molecule has 0 saturated heterocycles. The second kappa shape index (κ2) is 4.58. The summed E-state index contributed by atoms with van der Waals surface area (Å²) >= 11 is 3.50. The maximum absolute atomic E-state index is 4.75. The fourth-order valence-electron chi connectivity index (χ4n) is 2.23. The van der Waals surface area contributed by atoms with E-state index in [1.54, 1.807) is 0 Å². The van der Waals surface area contributed by atoms with Crippen LogP contribution in [0.15, 0.2) is 53.0 Å². The third kappa shape index (κ3) is 1.85. The number of halogens is 1. The van der Waals surface area contributed by atoms with Crippen LogP contribution in [0.1, 0.15) is 6.92 Å². The van der Waals surface area contributed by atoms with Crippen LogP contribution in [-0.2, 0) is 6.54 Å². The Balaban J connectivity index is 2.29. The Hall–Kier alpha value is -1.61. The second-order valence-electron chi connectivity index (χ2n) is 4.18. The molecule has 0 spiro atoms. The average molecular weight is 301 g/mol. The fraction of sp³-hybridized carbons (Fsp3) is 0.133. The summed E-state index contributed by atoms with van der Waals surface area (Å²) in [5.41, 5.74) is 3.37. The van der Waals surface area contributed by atoms with Gasteiger partial charge >= 0.3 is 0 Å². The lowest BCUT2D eigenvalue weighted by atomic mass is 10.2. The van der Waals surface area contributed by atoms with Gasteiger partial charge < -0.3 is 4.57 Å². The molecular weight excluding hydrogens is 288 g/mol. The molecule has 0 atom stereocenters. The third-order valence-electron chi connectivity index (χ3n) is 3.06. The van der Waals surface area contributed by atoms with E-state index in [9.17, 15) is 0 Å². The number of rotatable bonds is 2. The van der Waals surface area contributed by atoms with Crippen molar-refractivity contribution in [2.45, 2.75) is 13.5 Å². The highest BCUT2D eigenvalue weighted by Gasteiger charge is 2.10. The highest BCUT2D eigenvalue weighted by Crippen LogP contribution is 2.26. The van der Waals surface area contributed by atoms with Crippen LogP contribution in [0.3, 0.4) is 0 Å². The van der Waals surface area contributed by atoms with Crippen molar-refractivity contribution in [2.75, 3.05) is 0 Å². The molecule has 3 aromatic rings. The molecule has 0 N–H and O–H groups in total. The predicted molar refractivity (Wildman–Crippen MR) is 78.5 cm³/mol. The number of benzene rings is 2. The summed E-state index contributed by atoms with van der Waals surface area (Å²) in [6.45, 7) is 3.07. The zero-order chi connectivity index (χ0) is 12.5. The lowest BCUT2D eigenvalue weighted by Gasteiger charge is -2.05. The number of nitrogens with zero attached hydrogens (tertiary/aromatic N) is 2. The van der Waals surface area contributed by atoms with E-state index in [1.807, 2.05) is 18.2 Å². The molecule has 2 nitrogen and oxygen atoms in total. The summed E-state index contributed by atoms with van der Waals surface area (Å²) < 4.78 is 3.31. The van der Waals surface area contributed by atoms with Gasteiger partial charge in [0.2, 0.25) is 0 Å². The Kier molecular flexibility index (Phi) is 2.92. The van der Waals surface area contributed by atoms with Gasteiger partial charge in [0.15, 0.2) is 0 Å². The molecule has 1 heterocycles. The number of hydrogen-bond acceptors (Lipinski definition) is 1. The highest BCUT2D eigenvalue weighted by atomic mass is 79.9. The molecule has 90 valence electrons. The Morgan fingerprint density at radius 3 is 2.61 bits per heavy atom. The second-order valence-corrected chi connectivity index (χ2v) is 5.09. The normalized spacial score (nSPS) is 11.0. The Bertz CT molecular complexity index is 686. The van der Waals surface area contributed by atoms with Gasteiger partial charge in [0.1, 0.15) is 5.82 Å². The van der Waals surface area contributed by atoms with E-state index in [0.717, 1.165) is 27.9 Å². The molecule has 0 aliphatic carbocycles. The molecule has 0 amide bonds. The van der Waals surface area contributed by atoms with Crippen molar-refractivity contribution in [3.63, 3.8) is 0 Å². The average Bonchev–Trinajstić information content (AvgIpc) is 2.77. The van der Waals surface area contributed by atoms with Crippen LogP contribution in [0.2, 0.25) is 0 Å². The first-order chi connectivity index (χ1) is 8.79. The van der Waals surface area contributed by atoms with Gasteiger partial charge in [-0.3, -0.25) is 0 Å². The molecule has 1 aromatic heterocycles. The van der Waals surface area contributed by atoms with Crippen LogP contribution >= 0.6 is 15.9 Å². The van der Waals surface area contributed by atoms with Crippen LogP contribution in [0, 0.1) is 0 Å². The molecule has 2 aromatic carbocycles. The molecule has 18 heavy (non-hydrogen) atoms. The van der Waals surface area contributed by atoms with E-state index in [4.69, 9.17) is 4.98 Å². The summed E-state index contributed by atoms with van der Waals surface area (Å²) in [6.07, 6.45) is 0. The maximum Gasteiger partial charge on any atom is 0.141 e. The summed E-state index contributed by atoms with van der Waals surface area (Å²) in [4.78, 5) is 4.75. The van der Waals surface area contributed by atoms with E-state index in [1.165, 1.54) is 5.52 Å². The first-order valence-corrected chi connectivity index (χ1v) is 6.80. The Morgan fingerprint density at radius 2 is 1.89 bits per heavy atom. The molecule has 0 aliphatic heterocycles. The molecule has 3 rings (SSSR count). The minimum Gasteiger partial charge on any atom is -0.324 e. The molecule has 0 fully saturated rings. The van der Waals surface area contributed by atoms with Crippen molar-refractivity contribution in [1.82, 2.24) is 9.55 Å². The van der Waals surface area contributed by atoms with Crippen LogP contribution in [0.25, 0.3) is 22.4 Å². The molecule has 0 unspecified atom stereocenters. The van der Waals surface area contributed by atoms with Gasteiger partial charge in [0.05, 0.1) is 11.0 Å². The molecule has 3 heteroatoms. The largest absolute Gasteiger partial charge is 0.324 e. The number of fused-ring (bicyclic) bond motifs is 1. The highest BCUT2D eigenvalue weighted by molar-refractivity contribution is 9.10. The number of aryl methyl sites for hydroxylation is 1. The quantitative estimate of drug-likeness (QED) is 0.682. The minimum absolute atomic E-state index is 0.919. The zero-order valence-corrected chi connectivity index (χ0v) is 11.7. The van der Waals surface area contributed by atoms with E-state index in [2.05, 4.69) is 57.8 Å². The smallest absolute Gasteiger partial charge is 0.141 e. The summed E-state index contributed by atoms with van der Waals surface area (Å²) in [5, 5.41) is 0. The summed E-state index contributed by atoms with van der Waals surface area (Å²) in [5.74, 6) is 1.03. The van der Waals surface area contributed by atoms with Crippen LogP contribution < -0.4 is 0 Å². The molecule has 0 radical (unpaired) electrons.